The molecular formula is C18H27N3O. The first kappa shape index (κ1) is 15.3. The number of nitrogens with zero attached hydrogens (tertiary/aromatic N) is 1. The molecule has 1 heterocycles. The van der Waals surface area contributed by atoms with E-state index >= 15 is 0 Å². The first-order valence-electron chi connectivity index (χ1n) is 8.58. The standard InChI is InChI=1S/C18H27N3O/c1-3-5-18(22)20-15-7-4-6-14(11-15)19-16-10-13(2)21(12-16)17-8-9-17/h4,6-7,11,13,16-17,19H,3,5,8-10,12H2,1-2H3,(H,20,22). The van der Waals surface area contributed by atoms with Gasteiger partial charge in [0.1, 0.15) is 0 Å². The summed E-state index contributed by atoms with van der Waals surface area (Å²) in [6.45, 7) is 5.49. The topological polar surface area (TPSA) is 44.4 Å². The average Bonchev–Trinajstić information content (AvgIpc) is 3.24. The number of anilines is 2. The Kier molecular flexibility index (Phi) is 4.67. The highest BCUT2D eigenvalue weighted by Gasteiger charge is 2.38. The maximum Gasteiger partial charge on any atom is 0.224 e. The van der Waals surface area contributed by atoms with E-state index in [1.54, 1.807) is 0 Å². The van der Waals surface area contributed by atoms with Crippen LogP contribution in [-0.4, -0.2) is 35.5 Å². The van der Waals surface area contributed by atoms with Crippen molar-refractivity contribution < 1.29 is 4.79 Å². The lowest BCUT2D eigenvalue weighted by Crippen LogP contribution is -2.31. The van der Waals surface area contributed by atoms with Crippen molar-refractivity contribution in [3.63, 3.8) is 0 Å². The van der Waals surface area contributed by atoms with E-state index in [9.17, 15) is 4.79 Å². The summed E-state index contributed by atoms with van der Waals surface area (Å²) in [6.07, 6.45) is 5.39. The third-order valence-corrected chi connectivity index (χ3v) is 4.63. The van der Waals surface area contributed by atoms with E-state index in [1.165, 1.54) is 19.3 Å². The minimum absolute atomic E-state index is 0.0917. The van der Waals surface area contributed by atoms with Gasteiger partial charge in [0.25, 0.3) is 0 Å². The Morgan fingerprint density at radius 2 is 2.09 bits per heavy atom. The van der Waals surface area contributed by atoms with Crippen molar-refractivity contribution in [3.8, 4) is 0 Å². The highest BCUT2D eigenvalue weighted by Crippen LogP contribution is 2.34. The van der Waals surface area contributed by atoms with Gasteiger partial charge in [0.2, 0.25) is 5.91 Å². The number of likely N-dealkylation sites (tertiary alicyclic amines) is 1. The molecule has 1 saturated carbocycles. The molecule has 1 aromatic rings. The Morgan fingerprint density at radius 1 is 1.32 bits per heavy atom. The predicted molar refractivity (Wildman–Crippen MR) is 91.2 cm³/mol. The van der Waals surface area contributed by atoms with Crippen molar-refractivity contribution >= 4 is 17.3 Å². The highest BCUT2D eigenvalue weighted by molar-refractivity contribution is 5.91. The molecule has 0 spiro atoms. The zero-order valence-electron chi connectivity index (χ0n) is 13.6. The quantitative estimate of drug-likeness (QED) is 0.845. The molecule has 0 bridgehead atoms. The molecule has 2 unspecified atom stereocenters. The third-order valence-electron chi connectivity index (χ3n) is 4.63. The van der Waals surface area contributed by atoms with Gasteiger partial charge in [0.15, 0.2) is 0 Å². The van der Waals surface area contributed by atoms with Crippen molar-refractivity contribution in [3.05, 3.63) is 24.3 Å². The fraction of sp³-hybridized carbons (Fsp3) is 0.611. The molecule has 0 aromatic heterocycles. The predicted octanol–water partition coefficient (Wildman–Crippen LogP) is 3.46. The number of carbonyl (C=O) groups is 1. The molecule has 1 aromatic carbocycles. The molecule has 1 amide bonds. The van der Waals surface area contributed by atoms with Crippen LogP contribution in [0.2, 0.25) is 0 Å². The zero-order valence-corrected chi connectivity index (χ0v) is 13.6. The van der Waals surface area contributed by atoms with Gasteiger partial charge in [-0.05, 0) is 50.8 Å². The number of benzene rings is 1. The molecule has 4 nitrogen and oxygen atoms in total. The molecule has 2 fully saturated rings. The van der Waals surface area contributed by atoms with E-state index in [0.29, 0.717) is 18.5 Å². The molecular weight excluding hydrogens is 274 g/mol. The Balaban J connectivity index is 1.57. The summed E-state index contributed by atoms with van der Waals surface area (Å²) in [5.74, 6) is 0.0917. The van der Waals surface area contributed by atoms with Crippen LogP contribution in [0, 0.1) is 0 Å². The van der Waals surface area contributed by atoms with Crippen molar-refractivity contribution in [2.24, 2.45) is 0 Å². The summed E-state index contributed by atoms with van der Waals surface area (Å²) in [7, 11) is 0. The molecule has 2 aliphatic rings. The van der Waals surface area contributed by atoms with Crippen molar-refractivity contribution in [1.29, 1.82) is 0 Å². The fourth-order valence-corrected chi connectivity index (χ4v) is 3.45. The minimum Gasteiger partial charge on any atom is -0.381 e. The molecule has 0 radical (unpaired) electrons. The number of hydrogen-bond donors (Lipinski definition) is 2. The molecule has 1 saturated heterocycles. The number of carbonyl (C=O) groups excluding carboxylic acids is 1. The van der Waals surface area contributed by atoms with Crippen LogP contribution in [0.4, 0.5) is 11.4 Å². The van der Waals surface area contributed by atoms with Crippen LogP contribution in [0.5, 0.6) is 0 Å². The van der Waals surface area contributed by atoms with Crippen molar-refractivity contribution in [2.45, 2.75) is 64.1 Å². The maximum absolute atomic E-state index is 11.7. The monoisotopic (exact) mass is 301 g/mol. The van der Waals surface area contributed by atoms with E-state index in [0.717, 1.165) is 30.4 Å². The van der Waals surface area contributed by atoms with Crippen LogP contribution < -0.4 is 10.6 Å². The highest BCUT2D eigenvalue weighted by atomic mass is 16.1. The van der Waals surface area contributed by atoms with Crippen LogP contribution in [-0.2, 0) is 4.79 Å². The van der Waals surface area contributed by atoms with E-state index in [-0.39, 0.29) is 5.91 Å². The smallest absolute Gasteiger partial charge is 0.224 e. The second-order valence-electron chi connectivity index (χ2n) is 6.73. The number of hydrogen-bond acceptors (Lipinski definition) is 3. The van der Waals surface area contributed by atoms with Gasteiger partial charge in [-0.15, -0.1) is 0 Å². The molecule has 1 aliphatic heterocycles. The third kappa shape index (κ3) is 3.80. The van der Waals surface area contributed by atoms with Crippen LogP contribution in [0.15, 0.2) is 24.3 Å². The lowest BCUT2D eigenvalue weighted by Gasteiger charge is -2.20. The SMILES string of the molecule is CCCC(=O)Nc1cccc(NC2CC(C)N(C3CC3)C2)c1. The Hall–Kier alpha value is -1.55. The van der Waals surface area contributed by atoms with Crippen molar-refractivity contribution in [1.82, 2.24) is 4.90 Å². The van der Waals surface area contributed by atoms with E-state index in [2.05, 4.69) is 28.5 Å². The van der Waals surface area contributed by atoms with Crippen LogP contribution in [0.1, 0.15) is 46.0 Å². The average molecular weight is 301 g/mol. The Morgan fingerprint density at radius 3 is 2.82 bits per heavy atom. The second kappa shape index (κ2) is 6.69. The molecule has 1 aliphatic carbocycles. The van der Waals surface area contributed by atoms with E-state index < -0.39 is 0 Å². The summed E-state index contributed by atoms with van der Waals surface area (Å²) in [5, 5.41) is 6.60. The molecule has 4 heteroatoms. The number of nitrogens with one attached hydrogen (secondary N) is 2. The van der Waals surface area contributed by atoms with Gasteiger partial charge < -0.3 is 10.6 Å². The van der Waals surface area contributed by atoms with Crippen LogP contribution >= 0.6 is 0 Å². The summed E-state index contributed by atoms with van der Waals surface area (Å²) in [5.41, 5.74) is 1.98. The van der Waals surface area contributed by atoms with Gasteiger partial charge in [0.05, 0.1) is 0 Å². The summed E-state index contributed by atoms with van der Waals surface area (Å²) in [6, 6.07) is 10.1. The van der Waals surface area contributed by atoms with E-state index in [1.807, 2.05) is 25.1 Å². The lowest BCUT2D eigenvalue weighted by atomic mass is 10.1. The van der Waals surface area contributed by atoms with Crippen molar-refractivity contribution in [2.75, 3.05) is 17.2 Å². The molecule has 2 N–H and O–H groups in total. The van der Waals surface area contributed by atoms with E-state index in [4.69, 9.17) is 0 Å². The van der Waals surface area contributed by atoms with Gasteiger partial charge in [-0.1, -0.05) is 13.0 Å². The maximum atomic E-state index is 11.7. The van der Waals surface area contributed by atoms with Gasteiger partial charge in [-0.3, -0.25) is 9.69 Å². The number of amides is 1. The molecule has 22 heavy (non-hydrogen) atoms. The van der Waals surface area contributed by atoms with Gasteiger partial charge in [-0.25, -0.2) is 0 Å². The number of rotatable bonds is 6. The first-order valence-corrected chi connectivity index (χ1v) is 8.58. The van der Waals surface area contributed by atoms with Gasteiger partial charge in [0, 0.05) is 42.5 Å². The Labute approximate surface area is 133 Å². The molecule has 2 atom stereocenters. The normalized spacial score (nSPS) is 25.2. The van der Waals surface area contributed by atoms with Gasteiger partial charge >= 0.3 is 0 Å². The fourth-order valence-electron chi connectivity index (χ4n) is 3.45. The minimum atomic E-state index is 0.0917. The molecule has 120 valence electrons. The molecule has 3 rings (SSSR count). The summed E-state index contributed by atoms with van der Waals surface area (Å²) >= 11 is 0. The summed E-state index contributed by atoms with van der Waals surface area (Å²) < 4.78 is 0. The summed E-state index contributed by atoms with van der Waals surface area (Å²) in [4.78, 5) is 14.3. The zero-order chi connectivity index (χ0) is 15.5. The van der Waals surface area contributed by atoms with Crippen LogP contribution in [0.3, 0.4) is 0 Å². The lowest BCUT2D eigenvalue weighted by molar-refractivity contribution is -0.116. The van der Waals surface area contributed by atoms with Gasteiger partial charge in [-0.2, -0.15) is 0 Å². The largest absolute Gasteiger partial charge is 0.381 e. The first-order chi connectivity index (χ1) is 10.7. The van der Waals surface area contributed by atoms with Crippen LogP contribution in [0.25, 0.3) is 0 Å². The Bertz CT molecular complexity index is 527. The second-order valence-corrected chi connectivity index (χ2v) is 6.73.